The van der Waals surface area contributed by atoms with E-state index in [1.54, 1.807) is 9.80 Å². The van der Waals surface area contributed by atoms with Gasteiger partial charge in [-0.15, -0.1) is 0 Å². The average Bonchev–Trinajstić information content (AvgIpc) is 2.46. The largest absolute Gasteiger partial charge is 0.354 e. The molecule has 0 aliphatic carbocycles. The molecule has 1 aliphatic heterocycles. The minimum atomic E-state index is -0.0695. The normalized spacial score (nSPS) is 14.9. The van der Waals surface area contributed by atoms with Crippen LogP contribution < -0.4 is 10.6 Å². The highest BCUT2D eigenvalue weighted by molar-refractivity contribution is 5.79. The molecule has 0 aromatic heterocycles. The summed E-state index contributed by atoms with van der Waals surface area (Å²) >= 11 is 0. The molecule has 2 N–H and O–H groups in total. The van der Waals surface area contributed by atoms with Crippen molar-refractivity contribution in [3.8, 4) is 0 Å². The van der Waals surface area contributed by atoms with Crippen molar-refractivity contribution in [3.63, 3.8) is 0 Å². The van der Waals surface area contributed by atoms with Crippen LogP contribution >= 0.6 is 0 Å². The molecule has 0 aromatic rings. The third kappa shape index (κ3) is 6.32. The van der Waals surface area contributed by atoms with Crippen molar-refractivity contribution < 1.29 is 14.4 Å². The Hall–Kier alpha value is -1.79. The van der Waals surface area contributed by atoms with E-state index in [0.29, 0.717) is 52.0 Å². The molecule has 0 unspecified atom stereocenters. The molecule has 22 heavy (non-hydrogen) atoms. The van der Waals surface area contributed by atoms with Gasteiger partial charge in [0.05, 0.1) is 0 Å². The molecule has 4 amide bonds. The molecule has 7 nitrogen and oxygen atoms in total. The molecule has 0 spiro atoms. The van der Waals surface area contributed by atoms with Crippen LogP contribution in [0.5, 0.6) is 0 Å². The lowest BCUT2D eigenvalue weighted by atomic mass is 10.2. The first-order chi connectivity index (χ1) is 10.4. The maximum Gasteiger partial charge on any atom is 0.317 e. The summed E-state index contributed by atoms with van der Waals surface area (Å²) < 4.78 is 0. The summed E-state index contributed by atoms with van der Waals surface area (Å²) in [7, 11) is 0. The van der Waals surface area contributed by atoms with Crippen molar-refractivity contribution in [3.05, 3.63) is 0 Å². The van der Waals surface area contributed by atoms with Crippen molar-refractivity contribution in [2.24, 2.45) is 0 Å². The Morgan fingerprint density at radius 1 is 1.00 bits per heavy atom. The van der Waals surface area contributed by atoms with Crippen molar-refractivity contribution in [1.82, 2.24) is 20.4 Å². The molecule has 0 atom stereocenters. The monoisotopic (exact) mass is 312 g/mol. The fourth-order valence-corrected chi connectivity index (χ4v) is 2.37. The van der Waals surface area contributed by atoms with E-state index in [0.717, 1.165) is 0 Å². The van der Waals surface area contributed by atoms with Gasteiger partial charge in [0.25, 0.3) is 0 Å². The van der Waals surface area contributed by atoms with E-state index >= 15 is 0 Å². The number of rotatable bonds is 6. The number of amides is 4. The number of hydrogen-bond acceptors (Lipinski definition) is 3. The Bertz CT molecular complexity index is 390. The molecular weight excluding hydrogens is 284 g/mol. The van der Waals surface area contributed by atoms with Crippen LogP contribution in [0.25, 0.3) is 0 Å². The van der Waals surface area contributed by atoms with Gasteiger partial charge in [0.2, 0.25) is 11.8 Å². The lowest BCUT2D eigenvalue weighted by Crippen LogP contribution is -2.53. The second kappa shape index (κ2) is 9.27. The molecule has 0 aromatic carbocycles. The van der Waals surface area contributed by atoms with Crippen molar-refractivity contribution in [2.75, 3.05) is 32.7 Å². The fourth-order valence-electron chi connectivity index (χ4n) is 2.37. The lowest BCUT2D eigenvalue weighted by Gasteiger charge is -2.34. The zero-order valence-electron chi connectivity index (χ0n) is 13.9. The number of carbonyl (C=O) groups excluding carboxylic acids is 3. The van der Waals surface area contributed by atoms with Gasteiger partial charge in [0, 0.05) is 51.6 Å². The fraction of sp³-hybridized carbons (Fsp3) is 0.800. The predicted molar refractivity (Wildman–Crippen MR) is 84.4 cm³/mol. The SMILES string of the molecule is CCNC(=O)N1CCN(C(=O)CCCC(=O)NC(C)C)CC1. The predicted octanol–water partition coefficient (Wildman–Crippen LogP) is 0.555. The van der Waals surface area contributed by atoms with Gasteiger partial charge in [-0.2, -0.15) is 0 Å². The second-order valence-corrected chi connectivity index (χ2v) is 5.78. The average molecular weight is 312 g/mol. The van der Waals surface area contributed by atoms with Gasteiger partial charge < -0.3 is 20.4 Å². The van der Waals surface area contributed by atoms with E-state index in [4.69, 9.17) is 0 Å². The summed E-state index contributed by atoms with van der Waals surface area (Å²) in [6.07, 6.45) is 1.32. The highest BCUT2D eigenvalue weighted by atomic mass is 16.2. The number of hydrogen-bond donors (Lipinski definition) is 2. The van der Waals surface area contributed by atoms with Gasteiger partial charge in [-0.05, 0) is 27.2 Å². The van der Waals surface area contributed by atoms with E-state index in [-0.39, 0.29) is 23.9 Å². The van der Waals surface area contributed by atoms with Gasteiger partial charge in [-0.25, -0.2) is 4.79 Å². The Labute approximate surface area is 132 Å². The van der Waals surface area contributed by atoms with Gasteiger partial charge in [0.1, 0.15) is 0 Å². The minimum absolute atomic E-state index is 0.0103. The zero-order valence-corrected chi connectivity index (χ0v) is 13.9. The zero-order chi connectivity index (χ0) is 16.5. The third-order valence-electron chi connectivity index (χ3n) is 3.49. The van der Waals surface area contributed by atoms with Gasteiger partial charge in [-0.1, -0.05) is 0 Å². The third-order valence-corrected chi connectivity index (χ3v) is 3.49. The van der Waals surface area contributed by atoms with Crippen LogP contribution in [0.4, 0.5) is 4.79 Å². The quantitative estimate of drug-likeness (QED) is 0.752. The summed E-state index contributed by atoms with van der Waals surface area (Å²) in [6.45, 7) is 8.57. The molecule has 1 fully saturated rings. The Kier molecular flexibility index (Phi) is 7.70. The number of piperazine rings is 1. The second-order valence-electron chi connectivity index (χ2n) is 5.78. The highest BCUT2D eigenvalue weighted by Crippen LogP contribution is 2.07. The molecule has 1 saturated heterocycles. The summed E-state index contributed by atoms with van der Waals surface area (Å²) in [5.41, 5.74) is 0. The van der Waals surface area contributed by atoms with Crippen LogP contribution in [0, 0.1) is 0 Å². The van der Waals surface area contributed by atoms with Crippen LogP contribution in [0.2, 0.25) is 0 Å². The molecule has 1 aliphatic rings. The summed E-state index contributed by atoms with van der Waals surface area (Å²) in [4.78, 5) is 38.8. The Morgan fingerprint density at radius 3 is 2.14 bits per heavy atom. The van der Waals surface area contributed by atoms with Gasteiger partial charge in [-0.3, -0.25) is 9.59 Å². The van der Waals surface area contributed by atoms with E-state index in [9.17, 15) is 14.4 Å². The van der Waals surface area contributed by atoms with E-state index < -0.39 is 0 Å². The number of nitrogens with zero attached hydrogens (tertiary/aromatic N) is 2. The van der Waals surface area contributed by atoms with Crippen molar-refractivity contribution in [2.45, 2.75) is 46.1 Å². The first-order valence-corrected chi connectivity index (χ1v) is 8.04. The van der Waals surface area contributed by atoms with E-state index in [1.807, 2.05) is 20.8 Å². The van der Waals surface area contributed by atoms with Crippen LogP contribution in [0.1, 0.15) is 40.0 Å². The Balaban J connectivity index is 2.22. The van der Waals surface area contributed by atoms with Crippen molar-refractivity contribution in [1.29, 1.82) is 0 Å². The van der Waals surface area contributed by atoms with Crippen LogP contribution in [0.3, 0.4) is 0 Å². The Morgan fingerprint density at radius 2 is 1.59 bits per heavy atom. The summed E-state index contributed by atoms with van der Waals surface area (Å²) in [6, 6.07) is 0.0606. The summed E-state index contributed by atoms with van der Waals surface area (Å²) in [5, 5.41) is 5.57. The van der Waals surface area contributed by atoms with Crippen molar-refractivity contribution >= 4 is 17.8 Å². The molecule has 0 bridgehead atoms. The van der Waals surface area contributed by atoms with Gasteiger partial charge >= 0.3 is 6.03 Å². The molecule has 1 heterocycles. The standard InChI is InChI=1S/C15H28N4O3/c1-4-16-15(22)19-10-8-18(9-11-19)14(21)7-5-6-13(20)17-12(2)3/h12H,4-11H2,1-3H3,(H,16,22)(H,17,20). The molecule has 1 rings (SSSR count). The molecule has 7 heteroatoms. The minimum Gasteiger partial charge on any atom is -0.354 e. The first kappa shape index (κ1) is 18.3. The molecular formula is C15H28N4O3. The molecule has 126 valence electrons. The van der Waals surface area contributed by atoms with E-state index in [1.165, 1.54) is 0 Å². The molecule has 0 radical (unpaired) electrons. The van der Waals surface area contributed by atoms with Crippen LogP contribution in [0.15, 0.2) is 0 Å². The smallest absolute Gasteiger partial charge is 0.317 e. The number of urea groups is 1. The van der Waals surface area contributed by atoms with Crippen LogP contribution in [-0.2, 0) is 9.59 Å². The first-order valence-electron chi connectivity index (χ1n) is 8.04. The lowest BCUT2D eigenvalue weighted by molar-refractivity contribution is -0.132. The van der Waals surface area contributed by atoms with E-state index in [2.05, 4.69) is 10.6 Å². The highest BCUT2D eigenvalue weighted by Gasteiger charge is 2.23. The molecule has 0 saturated carbocycles. The topological polar surface area (TPSA) is 81.8 Å². The maximum atomic E-state index is 12.1. The number of nitrogens with one attached hydrogen (secondary N) is 2. The maximum absolute atomic E-state index is 12.1. The number of carbonyl (C=O) groups is 3. The van der Waals surface area contributed by atoms with Gasteiger partial charge in [0.15, 0.2) is 0 Å². The summed E-state index contributed by atoms with van der Waals surface area (Å²) in [5.74, 6) is 0.0525. The van der Waals surface area contributed by atoms with Crippen LogP contribution in [-0.4, -0.2) is 66.4 Å².